The topological polar surface area (TPSA) is 75.8 Å². The number of nitrogens with one attached hydrogen (secondary N) is 1. The summed E-state index contributed by atoms with van der Waals surface area (Å²) in [4.78, 5) is 10.6. The Morgan fingerprint density at radius 1 is 1.21 bits per heavy atom. The van der Waals surface area contributed by atoms with Crippen molar-refractivity contribution < 1.29 is 9.26 Å². The molecule has 146 valence electrons. The van der Waals surface area contributed by atoms with E-state index >= 15 is 0 Å². The van der Waals surface area contributed by atoms with Crippen LogP contribution in [0.2, 0.25) is 5.02 Å². The van der Waals surface area contributed by atoms with Crippen LogP contribution in [0.15, 0.2) is 64.1 Å². The van der Waals surface area contributed by atoms with Gasteiger partial charge in [-0.05, 0) is 24.3 Å². The van der Waals surface area contributed by atoms with Crippen LogP contribution < -0.4 is 10.1 Å². The highest BCUT2D eigenvalue weighted by Gasteiger charge is 2.11. The zero-order valence-corrected chi connectivity index (χ0v) is 16.6. The second kappa shape index (κ2) is 9.75. The maximum absolute atomic E-state index is 6.01. The van der Waals surface area contributed by atoms with Gasteiger partial charge in [-0.15, -0.1) is 0 Å². The van der Waals surface area contributed by atoms with Gasteiger partial charge in [0, 0.05) is 24.7 Å². The minimum Gasteiger partial charge on any atom is -0.492 e. The molecule has 0 amide bonds. The number of hydrogen-bond acceptors (Lipinski definition) is 5. The Labute approximate surface area is 169 Å². The Kier molecular flexibility index (Phi) is 6.86. The van der Waals surface area contributed by atoms with E-state index in [1.54, 1.807) is 19.2 Å². The molecule has 0 unspecified atom stereocenters. The number of para-hydroxylation sites is 1. The third-order valence-electron chi connectivity index (χ3n) is 3.96. The summed E-state index contributed by atoms with van der Waals surface area (Å²) in [5.41, 5.74) is 0.807. The standard InChI is InChI=1S/C20H22ClN5O2/c1-22-20(26(2)11-12-27-17-9-4-3-5-10-17)23-14-18-24-19(25-28-18)15-7-6-8-16(21)13-15/h3-10,13H,11-12,14H2,1-2H3,(H,22,23). The fraction of sp³-hybridized carbons (Fsp3) is 0.250. The lowest BCUT2D eigenvalue weighted by Gasteiger charge is -2.21. The van der Waals surface area contributed by atoms with Crippen molar-refractivity contribution in [2.45, 2.75) is 6.54 Å². The molecule has 28 heavy (non-hydrogen) atoms. The van der Waals surface area contributed by atoms with Gasteiger partial charge in [-0.1, -0.05) is 47.1 Å². The predicted octanol–water partition coefficient (Wildman–Crippen LogP) is 3.48. The third-order valence-corrected chi connectivity index (χ3v) is 4.20. The Morgan fingerprint density at radius 2 is 2.04 bits per heavy atom. The number of halogens is 1. The second-order valence-corrected chi connectivity index (χ2v) is 6.44. The van der Waals surface area contributed by atoms with Crippen LogP contribution in [-0.4, -0.2) is 48.2 Å². The summed E-state index contributed by atoms with van der Waals surface area (Å²) in [6.45, 7) is 1.58. The quantitative estimate of drug-likeness (QED) is 0.484. The van der Waals surface area contributed by atoms with Crippen molar-refractivity contribution in [2.75, 3.05) is 27.2 Å². The average Bonchev–Trinajstić information content (AvgIpc) is 3.18. The van der Waals surface area contributed by atoms with Crippen LogP contribution in [0.1, 0.15) is 5.89 Å². The summed E-state index contributed by atoms with van der Waals surface area (Å²) in [5, 5.41) is 7.84. The van der Waals surface area contributed by atoms with Gasteiger partial charge in [-0.25, -0.2) is 0 Å². The summed E-state index contributed by atoms with van der Waals surface area (Å²) in [5.74, 6) is 2.52. The number of likely N-dealkylation sites (N-methyl/N-ethyl adjacent to an activating group) is 1. The van der Waals surface area contributed by atoms with E-state index in [1.807, 2.05) is 54.4 Å². The summed E-state index contributed by atoms with van der Waals surface area (Å²) >= 11 is 6.01. The van der Waals surface area contributed by atoms with Gasteiger partial charge in [0.25, 0.3) is 0 Å². The van der Waals surface area contributed by atoms with Crippen LogP contribution in [0.5, 0.6) is 5.75 Å². The summed E-state index contributed by atoms with van der Waals surface area (Å²) < 4.78 is 11.0. The average molecular weight is 400 g/mol. The highest BCUT2D eigenvalue weighted by atomic mass is 35.5. The molecule has 0 aliphatic heterocycles. The molecule has 0 atom stereocenters. The molecule has 2 aromatic carbocycles. The van der Waals surface area contributed by atoms with Gasteiger partial charge in [-0.3, -0.25) is 4.99 Å². The minimum absolute atomic E-state index is 0.365. The first-order valence-electron chi connectivity index (χ1n) is 8.84. The third kappa shape index (κ3) is 5.47. The lowest BCUT2D eigenvalue weighted by Crippen LogP contribution is -2.40. The maximum atomic E-state index is 6.01. The molecule has 0 spiro atoms. The number of guanidine groups is 1. The van der Waals surface area contributed by atoms with E-state index < -0.39 is 0 Å². The van der Waals surface area contributed by atoms with Crippen LogP contribution in [0.25, 0.3) is 11.4 Å². The van der Waals surface area contributed by atoms with E-state index in [0.717, 1.165) is 11.3 Å². The highest BCUT2D eigenvalue weighted by molar-refractivity contribution is 6.30. The largest absolute Gasteiger partial charge is 0.492 e. The predicted molar refractivity (Wildman–Crippen MR) is 110 cm³/mol. The second-order valence-electron chi connectivity index (χ2n) is 6.01. The molecule has 3 aromatic rings. The van der Waals surface area contributed by atoms with Crippen LogP contribution >= 0.6 is 11.6 Å². The molecule has 0 aliphatic carbocycles. The molecular weight excluding hydrogens is 378 g/mol. The lowest BCUT2D eigenvalue weighted by atomic mass is 10.2. The Bertz CT molecular complexity index is 914. The molecule has 0 bridgehead atoms. The molecule has 0 fully saturated rings. The molecule has 1 N–H and O–H groups in total. The van der Waals surface area contributed by atoms with Crippen molar-refractivity contribution in [3.05, 3.63) is 65.5 Å². The SMILES string of the molecule is CN=C(NCc1nc(-c2cccc(Cl)c2)no1)N(C)CCOc1ccccc1. The van der Waals surface area contributed by atoms with Crippen molar-refractivity contribution in [1.82, 2.24) is 20.4 Å². The van der Waals surface area contributed by atoms with E-state index in [1.165, 1.54) is 0 Å². The van der Waals surface area contributed by atoms with Crippen molar-refractivity contribution in [2.24, 2.45) is 4.99 Å². The van der Waals surface area contributed by atoms with Crippen molar-refractivity contribution in [3.63, 3.8) is 0 Å². The summed E-state index contributed by atoms with van der Waals surface area (Å²) in [6.07, 6.45) is 0. The number of benzene rings is 2. The van der Waals surface area contributed by atoms with Crippen LogP contribution in [-0.2, 0) is 6.54 Å². The van der Waals surface area contributed by atoms with Gasteiger partial charge in [-0.2, -0.15) is 4.98 Å². The fourth-order valence-corrected chi connectivity index (χ4v) is 2.72. The first-order valence-corrected chi connectivity index (χ1v) is 9.21. The molecule has 8 heteroatoms. The molecule has 1 aromatic heterocycles. The van der Waals surface area contributed by atoms with Crippen molar-refractivity contribution in [1.29, 1.82) is 0 Å². The number of hydrogen-bond donors (Lipinski definition) is 1. The molecule has 0 saturated carbocycles. The monoisotopic (exact) mass is 399 g/mol. The number of aromatic nitrogens is 2. The molecule has 0 radical (unpaired) electrons. The van der Waals surface area contributed by atoms with Crippen molar-refractivity contribution in [3.8, 4) is 17.1 Å². The number of nitrogens with zero attached hydrogens (tertiary/aromatic N) is 4. The van der Waals surface area contributed by atoms with Gasteiger partial charge in [0.15, 0.2) is 5.96 Å². The zero-order valence-electron chi connectivity index (χ0n) is 15.8. The number of ether oxygens (including phenoxy) is 1. The van der Waals surface area contributed by atoms with E-state index in [0.29, 0.717) is 42.4 Å². The Morgan fingerprint density at radius 3 is 2.79 bits per heavy atom. The minimum atomic E-state index is 0.365. The molecule has 0 aliphatic rings. The lowest BCUT2D eigenvalue weighted by molar-refractivity contribution is 0.280. The molecular formula is C20H22ClN5O2. The molecule has 3 rings (SSSR count). The normalized spacial score (nSPS) is 11.3. The van der Waals surface area contributed by atoms with Crippen LogP contribution in [0, 0.1) is 0 Å². The molecule has 1 heterocycles. The van der Waals surface area contributed by atoms with Gasteiger partial charge in [0.1, 0.15) is 12.4 Å². The Balaban J connectivity index is 1.49. The first-order chi connectivity index (χ1) is 13.7. The molecule has 7 nitrogen and oxygen atoms in total. The van der Waals surface area contributed by atoms with Crippen molar-refractivity contribution >= 4 is 17.6 Å². The summed E-state index contributed by atoms with van der Waals surface area (Å²) in [7, 11) is 3.66. The van der Waals surface area contributed by atoms with Gasteiger partial charge in [0.05, 0.1) is 13.1 Å². The maximum Gasteiger partial charge on any atom is 0.246 e. The van der Waals surface area contributed by atoms with Gasteiger partial charge in [0.2, 0.25) is 11.7 Å². The number of aliphatic imine (C=N–C) groups is 1. The van der Waals surface area contributed by atoms with Crippen LogP contribution in [0.3, 0.4) is 0 Å². The zero-order chi connectivity index (χ0) is 19.8. The first kappa shape index (κ1) is 19.7. The highest BCUT2D eigenvalue weighted by Crippen LogP contribution is 2.19. The van der Waals surface area contributed by atoms with Gasteiger partial charge >= 0.3 is 0 Å². The van der Waals surface area contributed by atoms with E-state index in [2.05, 4.69) is 20.4 Å². The van der Waals surface area contributed by atoms with E-state index in [4.69, 9.17) is 20.9 Å². The van der Waals surface area contributed by atoms with E-state index in [9.17, 15) is 0 Å². The summed E-state index contributed by atoms with van der Waals surface area (Å²) in [6, 6.07) is 17.0. The smallest absolute Gasteiger partial charge is 0.246 e. The fourth-order valence-electron chi connectivity index (χ4n) is 2.53. The Hall–Kier alpha value is -3.06. The number of rotatable bonds is 7. The van der Waals surface area contributed by atoms with Gasteiger partial charge < -0.3 is 19.5 Å². The van der Waals surface area contributed by atoms with Crippen LogP contribution in [0.4, 0.5) is 0 Å². The van der Waals surface area contributed by atoms with E-state index in [-0.39, 0.29) is 0 Å². The molecule has 0 saturated heterocycles.